The van der Waals surface area contributed by atoms with E-state index >= 15 is 0 Å². The van der Waals surface area contributed by atoms with Crippen LogP contribution in [0.5, 0.6) is 11.5 Å². The van der Waals surface area contributed by atoms with Crippen LogP contribution in [0.3, 0.4) is 0 Å². The maximum Gasteiger partial charge on any atom is 0.164 e. The molecule has 0 fully saturated rings. The molecule has 1 aliphatic rings. The van der Waals surface area contributed by atoms with Gasteiger partial charge in [-0.25, -0.2) is 15.0 Å². The molecule has 0 unspecified atom stereocenters. The van der Waals surface area contributed by atoms with Gasteiger partial charge >= 0.3 is 0 Å². The van der Waals surface area contributed by atoms with Crippen molar-refractivity contribution in [1.29, 1.82) is 5.26 Å². The summed E-state index contributed by atoms with van der Waals surface area (Å²) < 4.78 is 6.78. The van der Waals surface area contributed by atoms with E-state index in [-0.39, 0.29) is 0 Å². The van der Waals surface area contributed by atoms with Gasteiger partial charge in [-0.15, -0.1) is 0 Å². The van der Waals surface area contributed by atoms with Crippen LogP contribution in [-0.4, -0.2) is 15.0 Å². The molecule has 1 aliphatic heterocycles. The van der Waals surface area contributed by atoms with Crippen LogP contribution in [0.25, 0.3) is 56.4 Å². The average molecular weight is 743 g/mol. The minimum absolute atomic E-state index is 0.563. The fourth-order valence-electron chi connectivity index (χ4n) is 8.21. The van der Waals surface area contributed by atoms with Crippen molar-refractivity contribution in [2.24, 2.45) is 0 Å². The fourth-order valence-corrected chi connectivity index (χ4v) is 8.21. The normalized spacial score (nSPS) is 12.4. The standard InChI is InChI=1S/C53H34N4O/c54-35-42-17-10-11-24-45(42)36-27-29-38(30-28-36)51-55-50(37-15-4-1-5-16-37)56-52(57-51)41-19-14-18-39(33-41)40-31-32-47-49(34-40)58-48-26-13-12-25-46(48)53(47,43-20-6-2-7-21-43)44-22-8-3-9-23-44/h1-34H. The Kier molecular flexibility index (Phi) is 8.70. The minimum Gasteiger partial charge on any atom is -0.457 e. The average Bonchev–Trinajstić information content (AvgIpc) is 3.31. The van der Waals surface area contributed by atoms with Crippen molar-refractivity contribution in [3.8, 4) is 74.0 Å². The highest BCUT2D eigenvalue weighted by Gasteiger charge is 2.45. The SMILES string of the molecule is N#Cc1ccccc1-c1ccc(-c2nc(-c3ccccc3)nc(-c3cccc(-c4ccc5c(c4)Oc4ccccc4C5(c4ccccc4)c4ccccc4)c3)n2)cc1. The topological polar surface area (TPSA) is 71.7 Å². The molecular formula is C53H34N4O. The van der Waals surface area contributed by atoms with Gasteiger partial charge in [-0.2, -0.15) is 5.26 Å². The number of aromatic nitrogens is 3. The van der Waals surface area contributed by atoms with Crippen molar-refractivity contribution in [2.75, 3.05) is 0 Å². The third-order valence-corrected chi connectivity index (χ3v) is 10.9. The third kappa shape index (κ3) is 6.01. The van der Waals surface area contributed by atoms with E-state index in [1.165, 1.54) is 11.1 Å². The van der Waals surface area contributed by atoms with Crippen LogP contribution in [0.1, 0.15) is 27.8 Å². The molecule has 10 rings (SSSR count). The van der Waals surface area contributed by atoms with Crippen molar-refractivity contribution in [3.05, 3.63) is 234 Å². The molecule has 272 valence electrons. The Morgan fingerprint density at radius 1 is 0.379 bits per heavy atom. The zero-order valence-electron chi connectivity index (χ0n) is 31.3. The Morgan fingerprint density at radius 2 is 0.862 bits per heavy atom. The summed E-state index contributed by atoms with van der Waals surface area (Å²) in [5, 5.41) is 9.69. The molecule has 1 aromatic heterocycles. The number of para-hydroxylation sites is 1. The molecule has 5 nitrogen and oxygen atoms in total. The van der Waals surface area contributed by atoms with E-state index in [1.807, 2.05) is 97.1 Å². The molecule has 0 aliphatic carbocycles. The zero-order valence-corrected chi connectivity index (χ0v) is 31.3. The van der Waals surface area contributed by atoms with Crippen LogP contribution in [0.15, 0.2) is 206 Å². The summed E-state index contributed by atoms with van der Waals surface area (Å²) in [6, 6.07) is 72.6. The van der Waals surface area contributed by atoms with Crippen LogP contribution in [0.4, 0.5) is 0 Å². The molecule has 58 heavy (non-hydrogen) atoms. The third-order valence-electron chi connectivity index (χ3n) is 10.9. The Bertz CT molecular complexity index is 2940. The molecule has 0 saturated carbocycles. The molecule has 0 amide bonds. The van der Waals surface area contributed by atoms with Crippen LogP contribution in [0, 0.1) is 11.3 Å². The quantitative estimate of drug-likeness (QED) is 0.163. The molecule has 8 aromatic carbocycles. The van der Waals surface area contributed by atoms with E-state index in [1.54, 1.807) is 0 Å². The number of fused-ring (bicyclic) bond motifs is 2. The van der Waals surface area contributed by atoms with Gasteiger partial charge in [0.1, 0.15) is 11.5 Å². The summed E-state index contributed by atoms with van der Waals surface area (Å²) in [5.74, 6) is 3.36. The van der Waals surface area contributed by atoms with Gasteiger partial charge in [0.15, 0.2) is 17.5 Å². The highest BCUT2D eigenvalue weighted by Crippen LogP contribution is 2.55. The number of benzene rings is 8. The van der Waals surface area contributed by atoms with Crippen LogP contribution in [0.2, 0.25) is 0 Å². The Balaban J connectivity index is 1.08. The number of rotatable bonds is 7. The molecule has 0 spiro atoms. The molecular weight excluding hydrogens is 709 g/mol. The first-order valence-corrected chi connectivity index (χ1v) is 19.2. The molecule has 0 saturated heterocycles. The smallest absolute Gasteiger partial charge is 0.164 e. The summed E-state index contributed by atoms with van der Waals surface area (Å²) in [6.45, 7) is 0. The summed E-state index contributed by atoms with van der Waals surface area (Å²) in [4.78, 5) is 15.0. The molecule has 0 atom stereocenters. The van der Waals surface area contributed by atoms with E-state index in [0.717, 1.165) is 61.6 Å². The second-order valence-corrected chi connectivity index (χ2v) is 14.3. The number of ether oxygens (including phenoxy) is 1. The number of hydrogen-bond acceptors (Lipinski definition) is 5. The van der Waals surface area contributed by atoms with Crippen molar-refractivity contribution < 1.29 is 4.74 Å². The first-order valence-electron chi connectivity index (χ1n) is 19.2. The lowest BCUT2D eigenvalue weighted by molar-refractivity contribution is 0.435. The minimum atomic E-state index is -0.584. The van der Waals surface area contributed by atoms with Gasteiger partial charge in [-0.1, -0.05) is 182 Å². The van der Waals surface area contributed by atoms with Gasteiger partial charge in [0.05, 0.1) is 17.0 Å². The summed E-state index contributed by atoms with van der Waals surface area (Å²) >= 11 is 0. The highest BCUT2D eigenvalue weighted by molar-refractivity contribution is 5.78. The van der Waals surface area contributed by atoms with Crippen molar-refractivity contribution in [1.82, 2.24) is 15.0 Å². The lowest BCUT2D eigenvalue weighted by atomic mass is 9.63. The first-order chi connectivity index (χ1) is 28.7. The molecule has 0 bridgehead atoms. The Labute approximate surface area is 337 Å². The van der Waals surface area contributed by atoms with Gasteiger partial charge in [0, 0.05) is 27.8 Å². The second kappa shape index (κ2) is 14.6. The van der Waals surface area contributed by atoms with E-state index in [4.69, 9.17) is 19.7 Å². The van der Waals surface area contributed by atoms with E-state index in [2.05, 4.69) is 115 Å². The van der Waals surface area contributed by atoms with Crippen molar-refractivity contribution in [2.45, 2.75) is 5.41 Å². The van der Waals surface area contributed by atoms with Gasteiger partial charge < -0.3 is 4.74 Å². The summed E-state index contributed by atoms with van der Waals surface area (Å²) in [5.41, 5.74) is 11.1. The van der Waals surface area contributed by atoms with E-state index in [0.29, 0.717) is 23.0 Å². The van der Waals surface area contributed by atoms with E-state index < -0.39 is 5.41 Å². The Hall–Kier alpha value is -7.94. The van der Waals surface area contributed by atoms with Crippen LogP contribution in [-0.2, 0) is 5.41 Å². The maximum absolute atomic E-state index is 9.69. The number of hydrogen-bond donors (Lipinski definition) is 0. The van der Waals surface area contributed by atoms with Gasteiger partial charge in [-0.05, 0) is 57.6 Å². The van der Waals surface area contributed by atoms with Crippen molar-refractivity contribution in [3.63, 3.8) is 0 Å². The maximum atomic E-state index is 9.69. The highest BCUT2D eigenvalue weighted by atomic mass is 16.5. The largest absolute Gasteiger partial charge is 0.457 e. The molecule has 9 aromatic rings. The predicted molar refractivity (Wildman–Crippen MR) is 230 cm³/mol. The van der Waals surface area contributed by atoms with E-state index in [9.17, 15) is 5.26 Å². The lowest BCUT2D eigenvalue weighted by Crippen LogP contribution is -2.34. The molecule has 2 heterocycles. The fraction of sp³-hybridized carbons (Fsp3) is 0.0189. The lowest BCUT2D eigenvalue weighted by Gasteiger charge is -2.41. The predicted octanol–water partition coefficient (Wildman–Crippen LogP) is 12.6. The second-order valence-electron chi connectivity index (χ2n) is 14.3. The van der Waals surface area contributed by atoms with Gasteiger partial charge in [0.2, 0.25) is 0 Å². The van der Waals surface area contributed by atoms with Crippen LogP contribution >= 0.6 is 0 Å². The zero-order chi connectivity index (χ0) is 38.9. The monoisotopic (exact) mass is 742 g/mol. The summed E-state index contributed by atoms with van der Waals surface area (Å²) in [6.07, 6.45) is 0. The molecule has 5 heteroatoms. The van der Waals surface area contributed by atoms with Gasteiger partial charge in [0.25, 0.3) is 0 Å². The first kappa shape index (κ1) is 34.5. The molecule has 0 N–H and O–H groups in total. The molecule has 0 radical (unpaired) electrons. The summed E-state index contributed by atoms with van der Waals surface area (Å²) in [7, 11) is 0. The van der Waals surface area contributed by atoms with Gasteiger partial charge in [-0.3, -0.25) is 0 Å². The number of nitriles is 1. The van der Waals surface area contributed by atoms with Crippen LogP contribution < -0.4 is 4.74 Å². The van der Waals surface area contributed by atoms with Crippen molar-refractivity contribution >= 4 is 0 Å². The number of nitrogens with zero attached hydrogens (tertiary/aromatic N) is 4. The Morgan fingerprint density at radius 3 is 1.55 bits per heavy atom.